The molecule has 4 aliphatic rings. The van der Waals surface area contributed by atoms with Crippen LogP contribution in [0.3, 0.4) is 0 Å². The fourth-order valence-corrected chi connectivity index (χ4v) is 9.47. The van der Waals surface area contributed by atoms with Crippen molar-refractivity contribution in [3.63, 3.8) is 0 Å². The number of nitrogens with one attached hydrogen (secondary N) is 3. The number of allylic oxidation sites excluding steroid dienone is 1. The number of alkyl carbamates (subject to hydrolysis) is 1. The molecule has 1 saturated heterocycles. The summed E-state index contributed by atoms with van der Waals surface area (Å²) in [6.45, 7) is 4.97. The van der Waals surface area contributed by atoms with Crippen molar-refractivity contribution in [2.24, 2.45) is 5.92 Å². The van der Waals surface area contributed by atoms with Crippen LogP contribution < -0.4 is 20.1 Å². The lowest BCUT2D eigenvalue weighted by molar-refractivity contribution is -0.141. The van der Waals surface area contributed by atoms with Crippen molar-refractivity contribution in [3.05, 3.63) is 59.4 Å². The number of halogens is 2. The summed E-state index contributed by atoms with van der Waals surface area (Å²) in [5.41, 5.74) is -0.943. The van der Waals surface area contributed by atoms with Gasteiger partial charge in [0.1, 0.15) is 46.2 Å². The SMILES string of the molecule is CC(C)(C)OC(=O)N[C@H]1CCCCC/C=C\[C@@H]2C[C@@]2(C(=O)NS(=O)(=O)C2CC2)NC(=O)[C@@H]2C[C@@H](Oc3c4cc(F)ccc4nc4c3oc3ccc(Cl)cc34)CN2C1=O. The number of sulfonamides is 1. The Bertz CT molecular complexity index is 2480. The molecule has 8 rings (SSSR count). The van der Waals surface area contributed by atoms with Crippen LogP contribution in [0.15, 0.2) is 53.0 Å². The maximum Gasteiger partial charge on any atom is 0.408 e. The van der Waals surface area contributed by atoms with Gasteiger partial charge in [0.2, 0.25) is 21.8 Å². The van der Waals surface area contributed by atoms with Gasteiger partial charge in [-0.3, -0.25) is 19.1 Å². The average Bonchev–Trinajstić information content (AvgIpc) is 4.05. The number of hydrogen-bond acceptors (Lipinski definition) is 10. The molecule has 4 aromatic rings. The lowest BCUT2D eigenvalue weighted by Gasteiger charge is -2.30. The van der Waals surface area contributed by atoms with Crippen molar-refractivity contribution in [1.82, 2.24) is 25.2 Å². The highest BCUT2D eigenvalue weighted by Crippen LogP contribution is 2.46. The summed E-state index contributed by atoms with van der Waals surface area (Å²) in [5, 5.41) is 6.25. The second kappa shape index (κ2) is 15.0. The smallest absolute Gasteiger partial charge is 0.408 e. The van der Waals surface area contributed by atoms with E-state index in [4.69, 9.17) is 30.5 Å². The molecule has 2 aromatic heterocycles. The van der Waals surface area contributed by atoms with Crippen LogP contribution in [0.5, 0.6) is 5.75 Å². The maximum absolute atomic E-state index is 14.8. The molecule has 3 fully saturated rings. The van der Waals surface area contributed by atoms with Crippen LogP contribution in [0, 0.1) is 11.7 Å². The molecular weight excluding hydrogens is 793 g/mol. The molecule has 2 aromatic carbocycles. The quantitative estimate of drug-likeness (QED) is 0.190. The van der Waals surface area contributed by atoms with Crippen LogP contribution in [-0.4, -0.2) is 83.2 Å². The van der Waals surface area contributed by atoms with Crippen molar-refractivity contribution in [2.45, 2.75) is 113 Å². The molecule has 2 aliphatic carbocycles. The number of benzene rings is 2. The fourth-order valence-electron chi connectivity index (χ4n) is 7.93. The molecular formula is C41H45ClFN5O9S. The molecule has 58 heavy (non-hydrogen) atoms. The highest BCUT2D eigenvalue weighted by Gasteiger charge is 2.62. The van der Waals surface area contributed by atoms with E-state index in [1.54, 1.807) is 39.0 Å². The first-order valence-electron chi connectivity index (χ1n) is 19.6. The van der Waals surface area contributed by atoms with Gasteiger partial charge in [0, 0.05) is 28.1 Å². The zero-order valence-electron chi connectivity index (χ0n) is 32.3. The number of nitrogens with zero attached hydrogens (tertiary/aromatic N) is 2. The highest BCUT2D eigenvalue weighted by atomic mass is 35.5. The zero-order chi connectivity index (χ0) is 41.1. The van der Waals surface area contributed by atoms with Crippen molar-refractivity contribution >= 4 is 78.4 Å². The number of rotatable bonds is 6. The van der Waals surface area contributed by atoms with E-state index in [2.05, 4.69) is 15.4 Å². The molecule has 2 saturated carbocycles. The monoisotopic (exact) mass is 837 g/mol. The number of carbonyl (C=O) groups excluding carboxylic acids is 4. The third kappa shape index (κ3) is 8.05. The van der Waals surface area contributed by atoms with Crippen LogP contribution >= 0.6 is 11.6 Å². The van der Waals surface area contributed by atoms with E-state index in [1.807, 2.05) is 12.2 Å². The maximum atomic E-state index is 14.8. The largest absolute Gasteiger partial charge is 0.484 e. The first-order valence-corrected chi connectivity index (χ1v) is 21.6. The van der Waals surface area contributed by atoms with Gasteiger partial charge in [-0.05, 0) is 95.7 Å². The standard InChI is InChI=1S/C41H45ClFN5O9S/c1-40(2,3)57-39(52)45-30-10-8-6-4-5-7-9-22-20-41(22,38(51)47-58(53,54)26-13-14-26)46-36(49)31-19-25(21-48(31)37(30)50)55-34-27-18-24(43)12-15-29(27)44-33-28-17-23(42)11-16-32(28)56-35(33)34/h7,9,11-12,15-18,22,25-26,30-31H,4-6,8,10,13-14,19-21H2,1-3H3,(H,45,52)(H,46,49)(H,47,51)/b9-7-/t22-,25-,30+,31+,41-/m1/s1. The number of furan rings is 1. The van der Waals surface area contributed by atoms with Crippen molar-refractivity contribution in [2.75, 3.05) is 6.54 Å². The Labute approximate surface area is 339 Å². The summed E-state index contributed by atoms with van der Waals surface area (Å²) >= 11 is 6.33. The summed E-state index contributed by atoms with van der Waals surface area (Å²) in [6.07, 6.45) is 5.99. The zero-order valence-corrected chi connectivity index (χ0v) is 33.9. The molecule has 17 heteroatoms. The van der Waals surface area contributed by atoms with E-state index in [1.165, 1.54) is 23.1 Å². The van der Waals surface area contributed by atoms with Crippen LogP contribution in [0.1, 0.15) is 78.6 Å². The van der Waals surface area contributed by atoms with E-state index in [0.717, 1.165) is 12.8 Å². The number of aromatic nitrogens is 1. The molecule has 308 valence electrons. The number of ether oxygens (including phenoxy) is 2. The Balaban J connectivity index is 1.16. The van der Waals surface area contributed by atoms with Gasteiger partial charge < -0.3 is 29.4 Å². The Morgan fingerprint density at radius 3 is 2.62 bits per heavy atom. The average molecular weight is 838 g/mol. The first kappa shape index (κ1) is 39.8. The van der Waals surface area contributed by atoms with Crippen molar-refractivity contribution < 1.29 is 45.9 Å². The van der Waals surface area contributed by atoms with Crippen LogP contribution in [0.2, 0.25) is 5.02 Å². The second-order valence-corrected chi connectivity index (χ2v) is 19.1. The second-order valence-electron chi connectivity index (χ2n) is 16.7. The van der Waals surface area contributed by atoms with E-state index in [9.17, 15) is 32.0 Å². The van der Waals surface area contributed by atoms with Crippen LogP contribution in [0.25, 0.3) is 33.0 Å². The topological polar surface area (TPSA) is 186 Å². The van der Waals surface area contributed by atoms with Gasteiger partial charge in [0.15, 0.2) is 11.3 Å². The highest BCUT2D eigenvalue weighted by molar-refractivity contribution is 7.91. The van der Waals surface area contributed by atoms with Gasteiger partial charge in [-0.2, -0.15) is 0 Å². The van der Waals surface area contributed by atoms with Crippen molar-refractivity contribution in [3.8, 4) is 5.75 Å². The fraction of sp³-hybridized carbons (Fsp3) is 0.488. The molecule has 0 spiro atoms. The normalized spacial score (nSPS) is 26.3. The van der Waals surface area contributed by atoms with Gasteiger partial charge in [-0.25, -0.2) is 22.6 Å². The summed E-state index contributed by atoms with van der Waals surface area (Å²) in [5.74, 6) is -3.00. The third-order valence-corrected chi connectivity index (χ3v) is 13.1. The Morgan fingerprint density at radius 1 is 1.07 bits per heavy atom. The summed E-state index contributed by atoms with van der Waals surface area (Å²) in [7, 11) is -3.94. The summed E-state index contributed by atoms with van der Waals surface area (Å²) in [6, 6.07) is 6.79. The van der Waals surface area contributed by atoms with E-state index in [-0.39, 0.29) is 37.1 Å². The minimum atomic E-state index is -3.94. The molecule has 3 N–H and O–H groups in total. The summed E-state index contributed by atoms with van der Waals surface area (Å²) in [4.78, 5) is 62.2. The molecule has 5 atom stereocenters. The number of amides is 4. The number of pyridine rings is 1. The number of fused-ring (bicyclic) bond motifs is 6. The van der Waals surface area contributed by atoms with E-state index >= 15 is 0 Å². The lowest BCUT2D eigenvalue weighted by Crippen LogP contribution is -2.58. The Morgan fingerprint density at radius 2 is 1.86 bits per heavy atom. The van der Waals surface area contributed by atoms with Crippen LogP contribution in [0.4, 0.5) is 9.18 Å². The lowest BCUT2D eigenvalue weighted by atomic mass is 10.0. The predicted molar refractivity (Wildman–Crippen MR) is 213 cm³/mol. The number of carbonyl (C=O) groups is 4. The molecule has 0 unspecified atom stereocenters. The van der Waals surface area contributed by atoms with Gasteiger partial charge in [-0.15, -0.1) is 0 Å². The van der Waals surface area contributed by atoms with Gasteiger partial charge >= 0.3 is 6.09 Å². The summed E-state index contributed by atoms with van der Waals surface area (Å²) < 4.78 is 61.2. The predicted octanol–water partition coefficient (Wildman–Crippen LogP) is 6.17. The first-order chi connectivity index (χ1) is 27.5. The van der Waals surface area contributed by atoms with Crippen LogP contribution in [-0.2, 0) is 29.1 Å². The minimum absolute atomic E-state index is 0.0814. The van der Waals surface area contributed by atoms with Gasteiger partial charge in [0.25, 0.3) is 5.91 Å². The van der Waals surface area contributed by atoms with Gasteiger partial charge in [-0.1, -0.05) is 36.6 Å². The Kier molecular flexibility index (Phi) is 10.3. The molecule has 0 bridgehead atoms. The van der Waals surface area contributed by atoms with Crippen molar-refractivity contribution in [1.29, 1.82) is 0 Å². The third-order valence-electron chi connectivity index (χ3n) is 11.1. The molecule has 14 nitrogen and oxygen atoms in total. The molecule has 0 radical (unpaired) electrons. The molecule has 4 heterocycles. The Hall–Kier alpha value is -4.96. The van der Waals surface area contributed by atoms with Gasteiger partial charge in [0.05, 0.1) is 17.3 Å². The van der Waals surface area contributed by atoms with E-state index < -0.39 is 80.2 Å². The minimum Gasteiger partial charge on any atom is -0.484 e. The number of hydrogen-bond donors (Lipinski definition) is 3. The van der Waals surface area contributed by atoms with E-state index in [0.29, 0.717) is 58.1 Å². The molecule has 4 amide bonds. The molecule has 2 aliphatic heterocycles.